The summed E-state index contributed by atoms with van der Waals surface area (Å²) in [5, 5.41) is 59.4. The highest BCUT2D eigenvalue weighted by Gasteiger charge is 2.50. The first kappa shape index (κ1) is 21.5. The summed E-state index contributed by atoms with van der Waals surface area (Å²) in [6.07, 6.45) is -9.52. The molecule has 0 bridgehead atoms. The van der Waals surface area contributed by atoms with Crippen LogP contribution < -0.4 is 0 Å². The van der Waals surface area contributed by atoms with E-state index in [9.17, 15) is 25.5 Å². The summed E-state index contributed by atoms with van der Waals surface area (Å²) in [7, 11) is 0. The average molecular weight is 402 g/mol. The largest absolute Gasteiger partial charge is 0.393 e. The smallest absolute Gasteiger partial charge is 0.187 e. The van der Waals surface area contributed by atoms with Gasteiger partial charge in [0.15, 0.2) is 12.6 Å². The molecule has 10 nitrogen and oxygen atoms in total. The topological polar surface area (TPSA) is 158 Å². The Morgan fingerprint density at radius 3 is 2.32 bits per heavy atom. The van der Waals surface area contributed by atoms with Gasteiger partial charge in [0.25, 0.3) is 0 Å². The maximum atomic E-state index is 10.1. The van der Waals surface area contributed by atoms with Gasteiger partial charge in [-0.15, -0.1) is 0 Å². The second kappa shape index (κ2) is 9.09. The molecule has 28 heavy (non-hydrogen) atoms. The van der Waals surface area contributed by atoms with E-state index in [1.165, 1.54) is 0 Å². The summed E-state index contributed by atoms with van der Waals surface area (Å²) in [5.74, 6) is 0. The van der Waals surface area contributed by atoms with Gasteiger partial charge in [-0.25, -0.2) is 0 Å². The van der Waals surface area contributed by atoms with Gasteiger partial charge in [0.1, 0.15) is 36.1 Å². The third-order valence-corrected chi connectivity index (χ3v) is 4.93. The van der Waals surface area contributed by atoms with Crippen LogP contribution in [0.5, 0.6) is 0 Å². The molecule has 0 aromatic heterocycles. The number of aliphatic hydroxyl groups is 6. The van der Waals surface area contributed by atoms with Crippen LogP contribution in [0.15, 0.2) is 30.3 Å². The molecule has 6 N–H and O–H groups in total. The number of benzene rings is 1. The molecule has 2 aliphatic heterocycles. The summed E-state index contributed by atoms with van der Waals surface area (Å²) in [6, 6.07) is 9.14. The van der Waals surface area contributed by atoms with Crippen molar-refractivity contribution in [2.75, 3.05) is 19.8 Å². The molecule has 0 spiro atoms. The van der Waals surface area contributed by atoms with Gasteiger partial charge in [-0.05, 0) is 5.56 Å². The molecule has 8 atom stereocenters. The molecule has 2 fully saturated rings. The van der Waals surface area contributed by atoms with Gasteiger partial charge in [0.2, 0.25) is 0 Å². The Morgan fingerprint density at radius 1 is 0.964 bits per heavy atom. The first-order valence-corrected chi connectivity index (χ1v) is 8.95. The predicted octanol–water partition coefficient (Wildman–Crippen LogP) is -2.53. The minimum Gasteiger partial charge on any atom is -0.393 e. The van der Waals surface area contributed by atoms with Crippen molar-refractivity contribution in [2.45, 2.75) is 55.3 Å². The lowest BCUT2D eigenvalue weighted by Crippen LogP contribution is -2.59. The lowest BCUT2D eigenvalue weighted by Gasteiger charge is -2.40. The van der Waals surface area contributed by atoms with Gasteiger partial charge in [-0.1, -0.05) is 30.3 Å². The van der Waals surface area contributed by atoms with Gasteiger partial charge < -0.3 is 49.6 Å². The van der Waals surface area contributed by atoms with E-state index in [4.69, 9.17) is 24.1 Å². The third kappa shape index (κ3) is 4.52. The van der Waals surface area contributed by atoms with Gasteiger partial charge in [-0.3, -0.25) is 0 Å². The predicted molar refractivity (Wildman–Crippen MR) is 91.6 cm³/mol. The Labute approximate surface area is 161 Å². The lowest BCUT2D eigenvalue weighted by atomic mass is 9.99. The van der Waals surface area contributed by atoms with E-state index in [1.54, 1.807) is 0 Å². The minimum absolute atomic E-state index is 0.118. The standard InChI is InChI=1S/C18H26O10/c19-8-18(24)9-27-17(15(18)23)26-7-11-12(20)13(21)14(22)16(28-11)25-6-10-4-2-1-3-5-10/h1-5,11-17,19-24H,6-9H2/t11-,12+,13+,14-,15+,16-,17+,18-/m1/s1. The maximum absolute atomic E-state index is 10.1. The van der Waals surface area contributed by atoms with Crippen molar-refractivity contribution < 1.29 is 49.6 Å². The van der Waals surface area contributed by atoms with E-state index < -0.39 is 55.3 Å². The maximum Gasteiger partial charge on any atom is 0.187 e. The normalized spacial score (nSPS) is 41.3. The van der Waals surface area contributed by atoms with Crippen LogP contribution in [0.25, 0.3) is 0 Å². The molecule has 2 heterocycles. The Kier molecular flexibility index (Phi) is 6.99. The minimum atomic E-state index is -1.84. The first-order valence-electron chi connectivity index (χ1n) is 8.95. The monoisotopic (exact) mass is 402 g/mol. The van der Waals surface area contributed by atoms with Crippen LogP contribution in [0.2, 0.25) is 0 Å². The molecule has 3 rings (SSSR count). The summed E-state index contributed by atoms with van der Waals surface area (Å²) >= 11 is 0. The van der Waals surface area contributed by atoms with E-state index in [1.807, 2.05) is 30.3 Å². The summed E-state index contributed by atoms with van der Waals surface area (Å²) in [5.41, 5.74) is -1.01. The Balaban J connectivity index is 1.56. The van der Waals surface area contributed by atoms with Crippen LogP contribution in [0.3, 0.4) is 0 Å². The SMILES string of the molecule is OC[C@@]1(O)CO[C@H](OC[C@H]2O[C@@H](OCc3ccccc3)[C@H](O)[C@@H](O)[C@H]2O)[C@@H]1O. The molecule has 1 aromatic rings. The Morgan fingerprint density at radius 2 is 1.68 bits per heavy atom. The highest BCUT2D eigenvalue weighted by Crippen LogP contribution is 2.27. The molecule has 2 aliphatic rings. The number of hydrogen-bond donors (Lipinski definition) is 6. The number of hydrogen-bond acceptors (Lipinski definition) is 10. The van der Waals surface area contributed by atoms with Crippen molar-refractivity contribution in [1.29, 1.82) is 0 Å². The van der Waals surface area contributed by atoms with E-state index >= 15 is 0 Å². The number of ether oxygens (including phenoxy) is 4. The Hall–Kier alpha value is -1.18. The van der Waals surface area contributed by atoms with Crippen LogP contribution in [0, 0.1) is 0 Å². The second-order valence-corrected chi connectivity index (χ2v) is 7.03. The van der Waals surface area contributed by atoms with Crippen molar-refractivity contribution in [1.82, 2.24) is 0 Å². The van der Waals surface area contributed by atoms with E-state index in [0.29, 0.717) is 0 Å². The zero-order valence-electron chi connectivity index (χ0n) is 15.1. The molecule has 0 radical (unpaired) electrons. The number of aliphatic hydroxyl groups excluding tert-OH is 5. The lowest BCUT2D eigenvalue weighted by molar-refractivity contribution is -0.312. The van der Waals surface area contributed by atoms with E-state index in [2.05, 4.69) is 0 Å². The van der Waals surface area contributed by atoms with Crippen molar-refractivity contribution in [3.05, 3.63) is 35.9 Å². The van der Waals surface area contributed by atoms with Gasteiger partial charge in [0, 0.05) is 0 Å². The van der Waals surface area contributed by atoms with Gasteiger partial charge >= 0.3 is 0 Å². The van der Waals surface area contributed by atoms with Crippen molar-refractivity contribution in [3.8, 4) is 0 Å². The molecular formula is C18H26O10. The zero-order chi connectivity index (χ0) is 20.3. The first-order chi connectivity index (χ1) is 13.4. The van der Waals surface area contributed by atoms with Crippen molar-refractivity contribution in [3.63, 3.8) is 0 Å². The van der Waals surface area contributed by atoms with E-state index in [0.717, 1.165) is 5.56 Å². The molecule has 10 heteroatoms. The summed E-state index contributed by atoms with van der Waals surface area (Å²) in [4.78, 5) is 0. The van der Waals surface area contributed by atoms with Crippen LogP contribution in [0.4, 0.5) is 0 Å². The molecule has 0 unspecified atom stereocenters. The fourth-order valence-corrected chi connectivity index (χ4v) is 3.07. The van der Waals surface area contributed by atoms with Crippen molar-refractivity contribution >= 4 is 0 Å². The summed E-state index contributed by atoms with van der Waals surface area (Å²) in [6.45, 7) is -1.24. The highest BCUT2D eigenvalue weighted by molar-refractivity contribution is 5.13. The summed E-state index contributed by atoms with van der Waals surface area (Å²) < 4.78 is 21.5. The molecule has 0 aliphatic carbocycles. The van der Waals surface area contributed by atoms with E-state index in [-0.39, 0.29) is 19.8 Å². The van der Waals surface area contributed by atoms with Gasteiger partial charge in [-0.2, -0.15) is 0 Å². The zero-order valence-corrected chi connectivity index (χ0v) is 15.1. The molecule has 0 amide bonds. The quantitative estimate of drug-likeness (QED) is 0.287. The molecule has 0 saturated carbocycles. The van der Waals surface area contributed by atoms with Crippen LogP contribution in [-0.4, -0.2) is 99.2 Å². The molecule has 2 saturated heterocycles. The molecule has 1 aromatic carbocycles. The Bertz CT molecular complexity index is 616. The van der Waals surface area contributed by atoms with Gasteiger partial charge in [0.05, 0.1) is 26.4 Å². The van der Waals surface area contributed by atoms with Crippen molar-refractivity contribution in [2.24, 2.45) is 0 Å². The van der Waals surface area contributed by atoms with Crippen LogP contribution in [0.1, 0.15) is 5.56 Å². The molecule has 158 valence electrons. The highest BCUT2D eigenvalue weighted by atomic mass is 16.7. The van der Waals surface area contributed by atoms with Crippen LogP contribution >= 0.6 is 0 Å². The second-order valence-electron chi connectivity index (χ2n) is 7.03. The molecular weight excluding hydrogens is 376 g/mol. The average Bonchev–Trinajstić information content (AvgIpc) is 3.00. The number of rotatable bonds is 7. The third-order valence-electron chi connectivity index (χ3n) is 4.93. The van der Waals surface area contributed by atoms with Crippen LogP contribution in [-0.2, 0) is 25.6 Å². The fraction of sp³-hybridized carbons (Fsp3) is 0.667. The fourth-order valence-electron chi connectivity index (χ4n) is 3.07.